The van der Waals surface area contributed by atoms with E-state index in [4.69, 9.17) is 4.74 Å². The third-order valence-corrected chi connectivity index (χ3v) is 9.98. The first kappa shape index (κ1) is 24.9. The van der Waals surface area contributed by atoms with Gasteiger partial charge in [-0.15, -0.1) is 0 Å². The highest BCUT2D eigenvalue weighted by Crippen LogP contribution is 2.51. The Labute approximate surface area is 261 Å². The van der Waals surface area contributed by atoms with Gasteiger partial charge in [0.2, 0.25) is 0 Å². The topological polar surface area (TPSA) is 19.1 Å². The van der Waals surface area contributed by atoms with Crippen LogP contribution in [0.3, 0.4) is 0 Å². The first-order chi connectivity index (χ1) is 22.3. The van der Waals surface area contributed by atoms with Gasteiger partial charge in [-0.2, -0.15) is 0 Å². The molecule has 2 aliphatic carbocycles. The maximum absolute atomic E-state index is 6.90. The van der Waals surface area contributed by atoms with Crippen molar-refractivity contribution >= 4 is 44.4 Å². The molecule has 7 aromatic rings. The highest BCUT2D eigenvalue weighted by Gasteiger charge is 2.39. The summed E-state index contributed by atoms with van der Waals surface area (Å²) in [4.78, 5) is 0. The average Bonchev–Trinajstić information content (AvgIpc) is 3.56. The fourth-order valence-corrected chi connectivity index (χ4v) is 8.13. The van der Waals surface area contributed by atoms with Crippen molar-refractivity contribution in [2.24, 2.45) is 0 Å². The van der Waals surface area contributed by atoms with Gasteiger partial charge in [0.1, 0.15) is 11.9 Å². The molecule has 0 spiro atoms. The second-order valence-electron chi connectivity index (χ2n) is 12.3. The molecular formula is C42H30N2O. The van der Waals surface area contributed by atoms with Crippen LogP contribution in [-0.4, -0.2) is 15.2 Å². The lowest BCUT2D eigenvalue weighted by Gasteiger charge is -2.32. The summed E-state index contributed by atoms with van der Waals surface area (Å²) in [7, 11) is 0. The molecule has 3 nitrogen and oxygen atoms in total. The molecule has 2 atom stereocenters. The number of benzene rings is 5. The molecule has 3 heteroatoms. The van der Waals surface area contributed by atoms with Crippen molar-refractivity contribution in [3.63, 3.8) is 0 Å². The van der Waals surface area contributed by atoms with Crippen LogP contribution in [0.15, 0.2) is 145 Å². The van der Waals surface area contributed by atoms with Gasteiger partial charge in [0.25, 0.3) is 0 Å². The zero-order valence-electron chi connectivity index (χ0n) is 24.7. The summed E-state index contributed by atoms with van der Waals surface area (Å²) in [6.45, 7) is 0. The minimum absolute atomic E-state index is 0.0792. The number of hydrogen-bond acceptors (Lipinski definition) is 1. The van der Waals surface area contributed by atoms with E-state index in [0.717, 1.165) is 18.6 Å². The molecule has 0 radical (unpaired) electrons. The summed E-state index contributed by atoms with van der Waals surface area (Å²) in [5.41, 5.74) is 12.6. The number of nitrogens with zero attached hydrogens (tertiary/aromatic N) is 2. The zero-order chi connectivity index (χ0) is 29.5. The quantitative estimate of drug-likeness (QED) is 0.200. The molecule has 5 aromatic carbocycles. The van der Waals surface area contributed by atoms with Crippen molar-refractivity contribution in [3.05, 3.63) is 162 Å². The maximum Gasteiger partial charge on any atom is 0.129 e. The average molecular weight is 579 g/mol. The van der Waals surface area contributed by atoms with Crippen LogP contribution >= 0.6 is 0 Å². The van der Waals surface area contributed by atoms with Crippen molar-refractivity contribution in [2.45, 2.75) is 24.9 Å². The Hall–Kier alpha value is -5.54. The Morgan fingerprint density at radius 1 is 0.600 bits per heavy atom. The lowest BCUT2D eigenvalue weighted by Crippen LogP contribution is -2.29. The van der Waals surface area contributed by atoms with Gasteiger partial charge >= 0.3 is 0 Å². The molecule has 3 aliphatic rings. The van der Waals surface area contributed by atoms with Crippen LogP contribution in [0.1, 0.15) is 35.6 Å². The van der Waals surface area contributed by atoms with E-state index in [-0.39, 0.29) is 12.0 Å². The van der Waals surface area contributed by atoms with Crippen LogP contribution in [0.4, 0.5) is 0 Å². The van der Waals surface area contributed by atoms with Crippen LogP contribution in [0, 0.1) is 0 Å². The van der Waals surface area contributed by atoms with Crippen LogP contribution < -0.4 is 4.74 Å². The Morgan fingerprint density at radius 2 is 1.33 bits per heavy atom. The predicted octanol–water partition coefficient (Wildman–Crippen LogP) is 10.4. The number of hydrogen-bond donors (Lipinski definition) is 0. The number of fused-ring (bicyclic) bond motifs is 11. The second-order valence-corrected chi connectivity index (χ2v) is 12.3. The third-order valence-electron chi connectivity index (χ3n) is 9.98. The molecule has 2 aromatic heterocycles. The van der Waals surface area contributed by atoms with Crippen LogP contribution in [0.2, 0.25) is 0 Å². The largest absolute Gasteiger partial charge is 0.485 e. The first-order valence-corrected chi connectivity index (χ1v) is 15.9. The van der Waals surface area contributed by atoms with Crippen LogP contribution in [0.25, 0.3) is 55.7 Å². The maximum atomic E-state index is 6.90. The summed E-state index contributed by atoms with van der Waals surface area (Å²) in [5, 5.41) is 3.80. The van der Waals surface area contributed by atoms with Gasteiger partial charge in [-0.25, -0.2) is 0 Å². The smallest absolute Gasteiger partial charge is 0.129 e. The predicted molar refractivity (Wildman–Crippen MR) is 186 cm³/mol. The van der Waals surface area contributed by atoms with E-state index < -0.39 is 0 Å². The molecule has 1 aliphatic heterocycles. The number of para-hydroxylation sites is 4. The molecule has 214 valence electrons. The van der Waals surface area contributed by atoms with Crippen LogP contribution in [0.5, 0.6) is 5.75 Å². The summed E-state index contributed by atoms with van der Waals surface area (Å²) in [6.07, 6.45) is 11.3. The zero-order valence-corrected chi connectivity index (χ0v) is 24.7. The van der Waals surface area contributed by atoms with Gasteiger partial charge in [-0.3, -0.25) is 0 Å². The summed E-state index contributed by atoms with van der Waals surface area (Å²) >= 11 is 0. The lowest BCUT2D eigenvalue weighted by atomic mass is 9.77. The first-order valence-electron chi connectivity index (χ1n) is 15.9. The van der Waals surface area contributed by atoms with E-state index in [1.807, 2.05) is 0 Å². The summed E-state index contributed by atoms with van der Waals surface area (Å²) < 4.78 is 11.8. The number of aromatic nitrogens is 2. The molecule has 0 bridgehead atoms. The summed E-state index contributed by atoms with van der Waals surface area (Å²) in [5.74, 6) is 1.07. The van der Waals surface area contributed by atoms with Gasteiger partial charge in [0.15, 0.2) is 0 Å². The molecule has 0 N–H and O–H groups in total. The molecule has 0 amide bonds. The monoisotopic (exact) mass is 578 g/mol. The second kappa shape index (κ2) is 9.48. The van der Waals surface area contributed by atoms with Crippen molar-refractivity contribution in [2.75, 3.05) is 0 Å². The normalized spacial score (nSPS) is 18.4. The molecule has 0 saturated carbocycles. The Kier molecular flexibility index (Phi) is 5.23. The fourth-order valence-electron chi connectivity index (χ4n) is 8.13. The Morgan fingerprint density at radius 3 is 2.22 bits per heavy atom. The van der Waals surface area contributed by atoms with E-state index in [1.165, 1.54) is 72.1 Å². The van der Waals surface area contributed by atoms with Crippen molar-refractivity contribution in [3.8, 4) is 17.1 Å². The fraction of sp³-hybridized carbons (Fsp3) is 0.0952. The van der Waals surface area contributed by atoms with E-state index >= 15 is 0 Å². The standard InChI is InChI=1S/C42H30N2O/c1-2-12-27(13-3-1)43-36-19-9-7-16-31(36)35-26-28(22-24-38(35)43)44-37-20-10-6-15-30(37)34-23-25-40-41(42(34)44)33-18-5-4-14-29(33)32-17-8-11-21-39(32)45-40/h1-4,6-17,19-26,40-41H,5,18H2. The molecule has 10 rings (SSSR count). The van der Waals surface area contributed by atoms with Gasteiger partial charge in [-0.1, -0.05) is 91.0 Å². The molecule has 0 saturated heterocycles. The van der Waals surface area contributed by atoms with E-state index in [2.05, 4.69) is 155 Å². The van der Waals surface area contributed by atoms with Gasteiger partial charge in [0.05, 0.1) is 22.5 Å². The third kappa shape index (κ3) is 3.52. The van der Waals surface area contributed by atoms with Crippen molar-refractivity contribution < 1.29 is 4.74 Å². The lowest BCUT2D eigenvalue weighted by molar-refractivity contribution is 0.226. The SMILES string of the molecule is C1=CC2=C(CC1)C1c3c(c4ccccc4n3-c3ccc4c(c3)c3ccccc3n4-c3ccccc3)C=CC1Oc1ccccc12. The number of rotatable bonds is 2. The minimum atomic E-state index is -0.0792. The minimum Gasteiger partial charge on any atom is -0.485 e. The number of allylic oxidation sites excluding steroid dienone is 3. The van der Waals surface area contributed by atoms with Crippen molar-refractivity contribution in [1.82, 2.24) is 9.13 Å². The van der Waals surface area contributed by atoms with E-state index in [0.29, 0.717) is 0 Å². The molecule has 3 heterocycles. The summed E-state index contributed by atoms with van der Waals surface area (Å²) in [6, 6.07) is 43.9. The highest BCUT2D eigenvalue weighted by molar-refractivity contribution is 6.10. The van der Waals surface area contributed by atoms with Gasteiger partial charge < -0.3 is 13.9 Å². The van der Waals surface area contributed by atoms with E-state index in [9.17, 15) is 0 Å². The highest BCUT2D eigenvalue weighted by atomic mass is 16.5. The Bertz CT molecular complexity index is 2420. The van der Waals surface area contributed by atoms with Crippen LogP contribution in [-0.2, 0) is 0 Å². The molecule has 2 unspecified atom stereocenters. The molecule has 0 fully saturated rings. The van der Waals surface area contributed by atoms with Gasteiger partial charge in [0, 0.05) is 44.4 Å². The van der Waals surface area contributed by atoms with Crippen molar-refractivity contribution in [1.29, 1.82) is 0 Å². The molecule has 45 heavy (non-hydrogen) atoms. The van der Waals surface area contributed by atoms with E-state index in [1.54, 1.807) is 0 Å². The van der Waals surface area contributed by atoms with Gasteiger partial charge in [-0.05, 0) is 78.6 Å². The molecular weight excluding hydrogens is 548 g/mol. The Balaban J connectivity index is 1.27. The number of ether oxygens (including phenoxy) is 1.